The van der Waals surface area contributed by atoms with E-state index in [9.17, 15) is 0 Å². The van der Waals surface area contributed by atoms with Crippen molar-refractivity contribution in [3.05, 3.63) is 16.6 Å². The molecular formula is C8H11NO2S. The van der Waals surface area contributed by atoms with Crippen molar-refractivity contribution in [2.45, 2.75) is 25.7 Å². The van der Waals surface area contributed by atoms with Crippen LogP contribution >= 0.6 is 11.3 Å². The van der Waals surface area contributed by atoms with Gasteiger partial charge in [-0.05, 0) is 13.8 Å². The third-order valence-electron chi connectivity index (χ3n) is 1.79. The Kier molecular flexibility index (Phi) is 1.90. The van der Waals surface area contributed by atoms with E-state index in [1.807, 2.05) is 24.7 Å². The van der Waals surface area contributed by atoms with Crippen LogP contribution in [-0.2, 0) is 9.47 Å². The largest absolute Gasteiger partial charge is 0.347 e. The van der Waals surface area contributed by atoms with E-state index >= 15 is 0 Å². The van der Waals surface area contributed by atoms with E-state index in [-0.39, 0.29) is 6.10 Å². The second kappa shape index (κ2) is 2.80. The molecule has 1 saturated heterocycles. The summed E-state index contributed by atoms with van der Waals surface area (Å²) in [4.78, 5) is 4.18. The Morgan fingerprint density at radius 3 is 3.00 bits per heavy atom. The molecule has 1 aliphatic heterocycles. The average Bonchev–Trinajstić information content (AvgIpc) is 2.55. The molecule has 0 bridgehead atoms. The highest BCUT2D eigenvalue weighted by atomic mass is 32.1. The molecule has 1 fully saturated rings. The standard InChI is InChI=1S/C8H11NO2S/c1-8(2)10-3-7(11-8)6-4-12-5-9-6/h4-5,7H,3H2,1-2H3. The molecule has 0 saturated carbocycles. The van der Waals surface area contributed by atoms with Crippen molar-refractivity contribution in [3.8, 4) is 0 Å². The lowest BCUT2D eigenvalue weighted by molar-refractivity contribution is -0.139. The molecule has 0 radical (unpaired) electrons. The van der Waals surface area contributed by atoms with Crippen LogP contribution in [0.4, 0.5) is 0 Å². The van der Waals surface area contributed by atoms with Gasteiger partial charge in [0.1, 0.15) is 6.10 Å². The van der Waals surface area contributed by atoms with Crippen molar-refractivity contribution < 1.29 is 9.47 Å². The van der Waals surface area contributed by atoms with Gasteiger partial charge in [0.15, 0.2) is 5.79 Å². The minimum atomic E-state index is -0.450. The predicted molar refractivity (Wildman–Crippen MR) is 46.0 cm³/mol. The molecule has 12 heavy (non-hydrogen) atoms. The predicted octanol–water partition coefficient (Wildman–Crippen LogP) is 1.97. The van der Waals surface area contributed by atoms with Crippen LogP contribution in [0.2, 0.25) is 0 Å². The zero-order valence-electron chi connectivity index (χ0n) is 7.11. The topological polar surface area (TPSA) is 31.4 Å². The lowest BCUT2D eigenvalue weighted by atomic mass is 10.3. The molecule has 4 heteroatoms. The molecule has 2 rings (SSSR count). The van der Waals surface area contributed by atoms with E-state index in [0.717, 1.165) is 5.69 Å². The molecular weight excluding hydrogens is 174 g/mol. The van der Waals surface area contributed by atoms with Gasteiger partial charge in [-0.15, -0.1) is 11.3 Å². The Morgan fingerprint density at radius 2 is 2.50 bits per heavy atom. The van der Waals surface area contributed by atoms with Gasteiger partial charge in [-0.25, -0.2) is 4.98 Å². The summed E-state index contributed by atoms with van der Waals surface area (Å²) < 4.78 is 11.0. The van der Waals surface area contributed by atoms with Gasteiger partial charge in [0.2, 0.25) is 0 Å². The quantitative estimate of drug-likeness (QED) is 0.670. The zero-order chi connectivity index (χ0) is 8.60. The van der Waals surface area contributed by atoms with Gasteiger partial charge in [0.05, 0.1) is 17.8 Å². The Balaban J connectivity index is 2.10. The van der Waals surface area contributed by atoms with Crippen LogP contribution in [0.3, 0.4) is 0 Å². The second-order valence-corrected chi connectivity index (χ2v) is 3.95. The number of nitrogens with zero attached hydrogens (tertiary/aromatic N) is 1. The van der Waals surface area contributed by atoms with Gasteiger partial charge in [-0.1, -0.05) is 0 Å². The van der Waals surface area contributed by atoms with Crippen LogP contribution in [0.1, 0.15) is 25.6 Å². The van der Waals surface area contributed by atoms with E-state index < -0.39 is 5.79 Å². The third kappa shape index (κ3) is 1.50. The maximum atomic E-state index is 5.62. The number of hydrogen-bond donors (Lipinski definition) is 0. The lowest BCUT2D eigenvalue weighted by Crippen LogP contribution is -2.19. The minimum Gasteiger partial charge on any atom is -0.347 e. The van der Waals surface area contributed by atoms with Crippen molar-refractivity contribution in [2.24, 2.45) is 0 Å². The van der Waals surface area contributed by atoms with Crippen LogP contribution in [-0.4, -0.2) is 17.4 Å². The first-order chi connectivity index (χ1) is 5.67. The molecule has 0 aliphatic carbocycles. The van der Waals surface area contributed by atoms with Crippen LogP contribution < -0.4 is 0 Å². The number of ether oxygens (including phenoxy) is 2. The molecule has 1 unspecified atom stereocenters. The lowest BCUT2D eigenvalue weighted by Gasteiger charge is -2.16. The average molecular weight is 185 g/mol. The van der Waals surface area contributed by atoms with Crippen LogP contribution in [0.5, 0.6) is 0 Å². The summed E-state index contributed by atoms with van der Waals surface area (Å²) in [5, 5.41) is 2.00. The summed E-state index contributed by atoms with van der Waals surface area (Å²) in [5.41, 5.74) is 2.79. The fourth-order valence-electron chi connectivity index (χ4n) is 1.21. The van der Waals surface area contributed by atoms with Crippen molar-refractivity contribution in [3.63, 3.8) is 0 Å². The van der Waals surface area contributed by atoms with E-state index in [0.29, 0.717) is 6.61 Å². The monoisotopic (exact) mass is 185 g/mol. The Labute approximate surface area is 75.3 Å². The van der Waals surface area contributed by atoms with Crippen LogP contribution in [0.15, 0.2) is 10.9 Å². The van der Waals surface area contributed by atoms with Gasteiger partial charge in [-0.2, -0.15) is 0 Å². The summed E-state index contributed by atoms with van der Waals surface area (Å²) in [5.74, 6) is -0.450. The number of thiazole rings is 1. The summed E-state index contributed by atoms with van der Waals surface area (Å²) in [7, 11) is 0. The molecule has 66 valence electrons. The molecule has 1 aliphatic rings. The summed E-state index contributed by atoms with van der Waals surface area (Å²) in [6.45, 7) is 4.44. The fraction of sp³-hybridized carbons (Fsp3) is 0.625. The van der Waals surface area contributed by atoms with Gasteiger partial charge in [0.25, 0.3) is 0 Å². The first kappa shape index (κ1) is 8.16. The van der Waals surface area contributed by atoms with E-state index in [2.05, 4.69) is 4.98 Å². The number of aromatic nitrogens is 1. The Bertz CT molecular complexity index is 258. The van der Waals surface area contributed by atoms with E-state index in [1.54, 1.807) is 11.3 Å². The first-order valence-corrected chi connectivity index (χ1v) is 4.81. The highest BCUT2D eigenvalue weighted by Crippen LogP contribution is 2.32. The van der Waals surface area contributed by atoms with Crippen molar-refractivity contribution in [1.82, 2.24) is 4.98 Å². The maximum Gasteiger partial charge on any atom is 0.163 e. The molecule has 0 N–H and O–H groups in total. The van der Waals surface area contributed by atoms with Gasteiger partial charge >= 0.3 is 0 Å². The fourth-order valence-corrected chi connectivity index (χ4v) is 1.81. The zero-order valence-corrected chi connectivity index (χ0v) is 7.93. The first-order valence-electron chi connectivity index (χ1n) is 3.87. The van der Waals surface area contributed by atoms with Crippen molar-refractivity contribution in [1.29, 1.82) is 0 Å². The van der Waals surface area contributed by atoms with Crippen molar-refractivity contribution in [2.75, 3.05) is 6.61 Å². The molecule has 0 spiro atoms. The summed E-state index contributed by atoms with van der Waals surface area (Å²) in [6.07, 6.45) is 0.0197. The molecule has 2 heterocycles. The smallest absolute Gasteiger partial charge is 0.163 e. The molecule has 0 amide bonds. The SMILES string of the molecule is CC1(C)OCC(c2cscn2)O1. The van der Waals surface area contributed by atoms with Crippen LogP contribution in [0, 0.1) is 0 Å². The Hall–Kier alpha value is -0.450. The summed E-state index contributed by atoms with van der Waals surface area (Å²) in [6, 6.07) is 0. The summed E-state index contributed by atoms with van der Waals surface area (Å²) >= 11 is 1.58. The van der Waals surface area contributed by atoms with E-state index in [4.69, 9.17) is 9.47 Å². The maximum absolute atomic E-state index is 5.62. The van der Waals surface area contributed by atoms with Crippen LogP contribution in [0.25, 0.3) is 0 Å². The highest BCUT2D eigenvalue weighted by Gasteiger charge is 2.34. The second-order valence-electron chi connectivity index (χ2n) is 3.23. The van der Waals surface area contributed by atoms with E-state index in [1.165, 1.54) is 0 Å². The molecule has 1 aromatic rings. The molecule has 1 aromatic heterocycles. The Morgan fingerprint density at radius 1 is 1.67 bits per heavy atom. The molecule has 0 aromatic carbocycles. The highest BCUT2D eigenvalue weighted by molar-refractivity contribution is 7.07. The molecule has 1 atom stereocenters. The minimum absolute atomic E-state index is 0.0197. The number of hydrogen-bond acceptors (Lipinski definition) is 4. The third-order valence-corrected chi connectivity index (χ3v) is 2.39. The normalized spacial score (nSPS) is 27.7. The molecule has 3 nitrogen and oxygen atoms in total. The number of rotatable bonds is 1. The van der Waals surface area contributed by atoms with Gasteiger partial charge in [0, 0.05) is 5.38 Å². The van der Waals surface area contributed by atoms with Gasteiger partial charge in [-0.3, -0.25) is 0 Å². The van der Waals surface area contributed by atoms with Gasteiger partial charge < -0.3 is 9.47 Å². The van der Waals surface area contributed by atoms with Crippen molar-refractivity contribution >= 4 is 11.3 Å².